The van der Waals surface area contributed by atoms with Gasteiger partial charge in [-0.1, -0.05) is 6.07 Å². The van der Waals surface area contributed by atoms with Gasteiger partial charge in [0.25, 0.3) is 0 Å². The smallest absolute Gasteiger partial charge is 0.134 e. The summed E-state index contributed by atoms with van der Waals surface area (Å²) in [4.78, 5) is 4.04. The number of hydrogen-bond acceptors (Lipinski definition) is 3. The molecule has 0 aliphatic carbocycles. The summed E-state index contributed by atoms with van der Waals surface area (Å²) < 4.78 is 11.0. The number of furan rings is 1. The van der Waals surface area contributed by atoms with Gasteiger partial charge in [0.05, 0.1) is 6.26 Å². The predicted octanol–water partition coefficient (Wildman–Crippen LogP) is 3.41. The van der Waals surface area contributed by atoms with Gasteiger partial charge in [0.15, 0.2) is 0 Å². The Morgan fingerprint density at radius 1 is 1.18 bits per heavy atom. The van der Waals surface area contributed by atoms with Crippen LogP contribution >= 0.6 is 0 Å². The topological polar surface area (TPSA) is 35.3 Å². The highest BCUT2D eigenvalue weighted by molar-refractivity contribution is 5.78. The maximum atomic E-state index is 5.69. The lowest BCUT2D eigenvalue weighted by molar-refractivity contribution is 0.306. The average molecular weight is 225 g/mol. The molecule has 0 amide bonds. The summed E-state index contributed by atoms with van der Waals surface area (Å²) in [5.41, 5.74) is 1.93. The van der Waals surface area contributed by atoms with E-state index < -0.39 is 0 Å². The minimum atomic E-state index is 0.525. The van der Waals surface area contributed by atoms with E-state index in [2.05, 4.69) is 4.98 Å². The molecular formula is C14H11NO2. The fourth-order valence-corrected chi connectivity index (χ4v) is 1.68. The van der Waals surface area contributed by atoms with Gasteiger partial charge in [0.1, 0.15) is 17.9 Å². The van der Waals surface area contributed by atoms with Crippen molar-refractivity contribution < 1.29 is 9.15 Å². The van der Waals surface area contributed by atoms with Crippen molar-refractivity contribution in [3.8, 4) is 5.75 Å². The van der Waals surface area contributed by atoms with Crippen LogP contribution in [0.15, 0.2) is 59.5 Å². The number of nitrogens with zero attached hydrogens (tertiary/aromatic N) is 1. The lowest BCUT2D eigenvalue weighted by atomic mass is 10.2. The van der Waals surface area contributed by atoms with Crippen LogP contribution in [0.25, 0.3) is 11.0 Å². The first-order valence-electron chi connectivity index (χ1n) is 5.41. The molecule has 0 fully saturated rings. The molecule has 3 heteroatoms. The second-order valence-electron chi connectivity index (χ2n) is 3.77. The lowest BCUT2D eigenvalue weighted by Crippen LogP contribution is -1.95. The lowest BCUT2D eigenvalue weighted by Gasteiger charge is -2.05. The molecule has 0 saturated heterocycles. The van der Waals surface area contributed by atoms with Gasteiger partial charge < -0.3 is 9.15 Å². The van der Waals surface area contributed by atoms with Crippen LogP contribution in [0.3, 0.4) is 0 Å². The largest absolute Gasteiger partial charge is 0.489 e. The van der Waals surface area contributed by atoms with Crippen molar-refractivity contribution in [1.29, 1.82) is 0 Å². The number of rotatable bonds is 3. The molecule has 2 aromatic heterocycles. The molecule has 0 aliphatic rings. The van der Waals surface area contributed by atoms with Crippen LogP contribution in [0.4, 0.5) is 0 Å². The maximum absolute atomic E-state index is 5.69. The fraction of sp³-hybridized carbons (Fsp3) is 0.0714. The molecule has 0 bridgehead atoms. The summed E-state index contributed by atoms with van der Waals surface area (Å²) in [6.45, 7) is 0.525. The standard InChI is InChI=1S/C14H11NO2/c1-2-11(9-15-6-1)10-17-13-3-4-14-12(8-13)5-7-16-14/h1-9H,10H2. The minimum Gasteiger partial charge on any atom is -0.489 e. The first-order valence-corrected chi connectivity index (χ1v) is 5.41. The van der Waals surface area contributed by atoms with E-state index in [1.165, 1.54) is 0 Å². The third-order valence-electron chi connectivity index (χ3n) is 2.55. The molecule has 0 N–H and O–H groups in total. The molecule has 2 heterocycles. The van der Waals surface area contributed by atoms with Gasteiger partial charge in [-0.05, 0) is 30.3 Å². The second-order valence-corrected chi connectivity index (χ2v) is 3.77. The number of hydrogen-bond donors (Lipinski definition) is 0. The summed E-state index contributed by atoms with van der Waals surface area (Å²) >= 11 is 0. The van der Waals surface area contributed by atoms with Crippen molar-refractivity contribution in [2.75, 3.05) is 0 Å². The van der Waals surface area contributed by atoms with E-state index in [0.29, 0.717) is 6.61 Å². The monoisotopic (exact) mass is 225 g/mol. The van der Waals surface area contributed by atoms with Crippen molar-refractivity contribution in [3.63, 3.8) is 0 Å². The Kier molecular flexibility index (Phi) is 2.50. The predicted molar refractivity (Wildman–Crippen MR) is 64.8 cm³/mol. The van der Waals surface area contributed by atoms with Crippen molar-refractivity contribution in [2.24, 2.45) is 0 Å². The second kappa shape index (κ2) is 4.29. The molecule has 3 aromatic rings. The molecule has 0 aliphatic heterocycles. The quantitative estimate of drug-likeness (QED) is 0.685. The van der Waals surface area contributed by atoms with Gasteiger partial charge >= 0.3 is 0 Å². The molecule has 17 heavy (non-hydrogen) atoms. The van der Waals surface area contributed by atoms with E-state index in [1.807, 2.05) is 36.4 Å². The fourth-order valence-electron chi connectivity index (χ4n) is 1.68. The SMILES string of the molecule is c1cncc(COc2ccc3occc3c2)c1. The maximum Gasteiger partial charge on any atom is 0.134 e. The number of aromatic nitrogens is 1. The molecule has 0 atom stereocenters. The van der Waals surface area contributed by atoms with E-state index >= 15 is 0 Å². The molecule has 84 valence electrons. The summed E-state index contributed by atoms with van der Waals surface area (Å²) in [6, 6.07) is 11.6. The summed E-state index contributed by atoms with van der Waals surface area (Å²) in [7, 11) is 0. The highest BCUT2D eigenvalue weighted by atomic mass is 16.5. The Morgan fingerprint density at radius 3 is 3.06 bits per heavy atom. The number of benzene rings is 1. The molecule has 0 unspecified atom stereocenters. The van der Waals surface area contributed by atoms with Gasteiger partial charge in [-0.3, -0.25) is 4.98 Å². The Labute approximate surface area is 98.7 Å². The van der Waals surface area contributed by atoms with Gasteiger partial charge in [0.2, 0.25) is 0 Å². The third kappa shape index (κ3) is 2.13. The number of fused-ring (bicyclic) bond motifs is 1. The van der Waals surface area contributed by atoms with Crippen LogP contribution in [0.1, 0.15) is 5.56 Å². The summed E-state index contributed by atoms with van der Waals surface area (Å²) in [5.74, 6) is 0.836. The van der Waals surface area contributed by atoms with Crippen LogP contribution < -0.4 is 4.74 Å². The Morgan fingerprint density at radius 2 is 2.18 bits per heavy atom. The Bertz CT molecular complexity index is 616. The van der Waals surface area contributed by atoms with Crippen LogP contribution in [0.2, 0.25) is 0 Å². The van der Waals surface area contributed by atoms with E-state index in [0.717, 1.165) is 22.3 Å². The third-order valence-corrected chi connectivity index (χ3v) is 2.55. The van der Waals surface area contributed by atoms with Crippen LogP contribution in [0, 0.1) is 0 Å². The van der Waals surface area contributed by atoms with Gasteiger partial charge in [-0.15, -0.1) is 0 Å². The highest BCUT2D eigenvalue weighted by Crippen LogP contribution is 2.22. The summed E-state index contributed by atoms with van der Waals surface area (Å²) in [5, 5.41) is 1.05. The molecule has 1 aromatic carbocycles. The van der Waals surface area contributed by atoms with E-state index in [-0.39, 0.29) is 0 Å². The zero-order valence-electron chi connectivity index (χ0n) is 9.17. The number of pyridine rings is 1. The average Bonchev–Trinajstić information content (AvgIpc) is 2.85. The van der Waals surface area contributed by atoms with Crippen molar-refractivity contribution in [1.82, 2.24) is 4.98 Å². The van der Waals surface area contributed by atoms with Gasteiger partial charge in [-0.2, -0.15) is 0 Å². The molecule has 0 saturated carbocycles. The normalized spacial score (nSPS) is 10.6. The Hall–Kier alpha value is -2.29. The van der Waals surface area contributed by atoms with Crippen molar-refractivity contribution in [2.45, 2.75) is 6.61 Å². The van der Waals surface area contributed by atoms with E-state index in [4.69, 9.17) is 9.15 Å². The highest BCUT2D eigenvalue weighted by Gasteiger charge is 2.00. The van der Waals surface area contributed by atoms with Gasteiger partial charge in [-0.25, -0.2) is 0 Å². The zero-order chi connectivity index (χ0) is 11.5. The zero-order valence-corrected chi connectivity index (χ0v) is 9.17. The first-order chi connectivity index (χ1) is 8.42. The van der Waals surface area contributed by atoms with Gasteiger partial charge in [0, 0.05) is 23.3 Å². The number of ether oxygens (including phenoxy) is 1. The molecule has 3 rings (SSSR count). The van der Waals surface area contributed by atoms with Crippen LogP contribution in [-0.4, -0.2) is 4.98 Å². The molecular weight excluding hydrogens is 214 g/mol. The molecule has 0 radical (unpaired) electrons. The van der Waals surface area contributed by atoms with Crippen LogP contribution in [0.5, 0.6) is 5.75 Å². The van der Waals surface area contributed by atoms with E-state index in [1.54, 1.807) is 18.7 Å². The van der Waals surface area contributed by atoms with Crippen LogP contribution in [-0.2, 0) is 6.61 Å². The minimum absolute atomic E-state index is 0.525. The van der Waals surface area contributed by atoms with Crippen molar-refractivity contribution >= 4 is 11.0 Å². The summed E-state index contributed by atoms with van der Waals surface area (Å²) in [6.07, 6.45) is 5.23. The van der Waals surface area contributed by atoms with Crippen molar-refractivity contribution in [3.05, 3.63) is 60.6 Å². The Balaban J connectivity index is 1.76. The van der Waals surface area contributed by atoms with E-state index in [9.17, 15) is 0 Å². The molecule has 3 nitrogen and oxygen atoms in total. The first kappa shape index (κ1) is 9.90. The molecule has 0 spiro atoms.